The van der Waals surface area contributed by atoms with Gasteiger partial charge in [0.1, 0.15) is 41.6 Å². The van der Waals surface area contributed by atoms with Crippen molar-refractivity contribution in [2.75, 3.05) is 6.61 Å². The third-order valence-corrected chi connectivity index (χ3v) is 5.63. The summed E-state index contributed by atoms with van der Waals surface area (Å²) in [5, 5.41) is 52.3. The fourth-order valence-corrected chi connectivity index (χ4v) is 3.96. The van der Waals surface area contributed by atoms with Gasteiger partial charge in [-0.25, -0.2) is 4.68 Å². The van der Waals surface area contributed by atoms with Gasteiger partial charge in [0, 0.05) is 5.39 Å². The fraction of sp³-hybridized carbons (Fsp3) is 0.333. The molecule has 0 saturated carbocycles. The SMILES string of the molecule is O=C([O-])C1=C[C@H](n2nnc3c4ccccc4ccc32)[C@@H](NC(=O)C(F)(F)F)[C@H]([C@H](O)[C@H](O)CO)O1.[Na+]. The van der Waals surface area contributed by atoms with Crippen LogP contribution in [0, 0.1) is 0 Å². The van der Waals surface area contributed by atoms with Crippen molar-refractivity contribution in [1.82, 2.24) is 20.3 Å². The van der Waals surface area contributed by atoms with Crippen LogP contribution in [0.15, 0.2) is 48.2 Å². The number of alkyl halides is 3. The summed E-state index contributed by atoms with van der Waals surface area (Å²) in [6.45, 7) is -1.03. The zero-order valence-electron chi connectivity index (χ0n) is 18.6. The molecule has 0 aliphatic carbocycles. The molecule has 1 aliphatic heterocycles. The number of hydrogen-bond donors (Lipinski definition) is 4. The number of carboxylic acids is 1. The zero-order chi connectivity index (χ0) is 25.5. The number of carbonyl (C=O) groups is 2. The first-order valence-electron chi connectivity index (χ1n) is 10.2. The van der Waals surface area contributed by atoms with E-state index in [2.05, 4.69) is 10.3 Å². The predicted octanol–water partition coefficient (Wildman–Crippen LogP) is -4.08. The molecular weight excluding hydrogens is 500 g/mol. The van der Waals surface area contributed by atoms with E-state index < -0.39 is 60.8 Å². The van der Waals surface area contributed by atoms with Gasteiger partial charge < -0.3 is 35.3 Å². The van der Waals surface area contributed by atoms with E-state index in [1.165, 1.54) is 0 Å². The van der Waals surface area contributed by atoms with Crippen LogP contribution in [0.25, 0.3) is 21.8 Å². The van der Waals surface area contributed by atoms with Crippen molar-refractivity contribution in [3.05, 3.63) is 48.2 Å². The van der Waals surface area contributed by atoms with Crippen LogP contribution in [0.1, 0.15) is 6.04 Å². The van der Waals surface area contributed by atoms with Crippen molar-refractivity contribution in [1.29, 1.82) is 0 Å². The average molecular weight is 518 g/mol. The number of nitrogens with zero attached hydrogens (tertiary/aromatic N) is 3. The average Bonchev–Trinajstić information content (AvgIpc) is 3.26. The Bertz CT molecular complexity index is 1320. The number of hydrogen-bond acceptors (Lipinski definition) is 9. The number of ether oxygens (including phenoxy) is 1. The molecule has 36 heavy (non-hydrogen) atoms. The van der Waals surface area contributed by atoms with Gasteiger partial charge in [-0.15, -0.1) is 5.10 Å². The number of amides is 1. The second-order valence-electron chi connectivity index (χ2n) is 7.82. The van der Waals surface area contributed by atoms with Crippen molar-refractivity contribution in [3.8, 4) is 0 Å². The Labute approximate surface area is 222 Å². The van der Waals surface area contributed by atoms with Crippen molar-refractivity contribution < 1.29 is 77.5 Å². The maximum absolute atomic E-state index is 13.1. The van der Waals surface area contributed by atoms with Gasteiger partial charge in [0.15, 0.2) is 0 Å². The molecular formula is C21H18F3N4NaO7. The van der Waals surface area contributed by atoms with Crippen LogP contribution in [0.5, 0.6) is 0 Å². The maximum Gasteiger partial charge on any atom is 1.00 e. The van der Waals surface area contributed by atoms with Gasteiger partial charge in [-0.05, 0) is 17.5 Å². The van der Waals surface area contributed by atoms with E-state index in [9.17, 15) is 43.2 Å². The van der Waals surface area contributed by atoms with Crippen LogP contribution in [0.3, 0.4) is 0 Å². The van der Waals surface area contributed by atoms with Crippen LogP contribution in [-0.4, -0.2) is 79.3 Å². The standard InChI is InChI=1S/C21H19F3N4O7.Na/c22-21(23,24)20(34)25-16-12(7-14(19(32)33)35-18(16)17(31)13(30)8-29)28-11-6-5-9-3-1-2-4-10(9)15(11)26-27-28;/h1-7,12-13,16-18,29-31H,8H2,(H,25,34)(H,32,33);/q;+1/p-1/t12-,13+,16+,17+,18+;/m0./s1. The van der Waals surface area contributed by atoms with Crippen LogP contribution >= 0.6 is 0 Å². The molecule has 3 aromatic rings. The summed E-state index contributed by atoms with van der Waals surface area (Å²) in [6.07, 6.45) is -10.5. The Balaban J connectivity index is 0.00000361. The zero-order valence-corrected chi connectivity index (χ0v) is 20.6. The van der Waals surface area contributed by atoms with E-state index in [-0.39, 0.29) is 35.1 Å². The summed E-state index contributed by atoms with van der Waals surface area (Å²) in [5.74, 6) is -5.17. The molecule has 0 bridgehead atoms. The smallest absolute Gasteiger partial charge is 0.542 e. The summed E-state index contributed by atoms with van der Waals surface area (Å²) in [7, 11) is 0. The van der Waals surface area contributed by atoms with Gasteiger partial charge in [0.25, 0.3) is 0 Å². The van der Waals surface area contributed by atoms with Gasteiger partial charge in [0.05, 0.1) is 18.2 Å². The quantitative estimate of drug-likeness (QED) is 0.237. The van der Waals surface area contributed by atoms with Crippen LogP contribution < -0.4 is 40.0 Å². The molecule has 11 nitrogen and oxygen atoms in total. The van der Waals surface area contributed by atoms with E-state index in [0.29, 0.717) is 10.9 Å². The van der Waals surface area contributed by atoms with E-state index >= 15 is 0 Å². The number of aliphatic hydroxyl groups excluding tert-OH is 3. The minimum Gasteiger partial charge on any atom is -0.542 e. The van der Waals surface area contributed by atoms with E-state index in [1.54, 1.807) is 41.7 Å². The molecule has 0 spiro atoms. The van der Waals surface area contributed by atoms with Crippen LogP contribution in [0.2, 0.25) is 0 Å². The molecule has 4 rings (SSSR count). The Morgan fingerprint density at radius 2 is 1.89 bits per heavy atom. The molecule has 0 unspecified atom stereocenters. The summed E-state index contributed by atoms with van der Waals surface area (Å²) in [4.78, 5) is 23.4. The Morgan fingerprint density at radius 3 is 2.53 bits per heavy atom. The third kappa shape index (κ3) is 5.19. The van der Waals surface area contributed by atoms with Crippen LogP contribution in [0.4, 0.5) is 13.2 Å². The van der Waals surface area contributed by atoms with Crippen molar-refractivity contribution in [2.24, 2.45) is 0 Å². The molecule has 1 aliphatic rings. The molecule has 2 aromatic carbocycles. The summed E-state index contributed by atoms with van der Waals surface area (Å²) >= 11 is 0. The monoisotopic (exact) mass is 518 g/mol. The van der Waals surface area contributed by atoms with E-state index in [0.717, 1.165) is 16.1 Å². The molecule has 0 fully saturated rings. The van der Waals surface area contributed by atoms with Crippen LogP contribution in [-0.2, 0) is 14.3 Å². The fourth-order valence-electron chi connectivity index (χ4n) is 3.96. The molecule has 2 heterocycles. The molecule has 5 atom stereocenters. The third-order valence-electron chi connectivity index (χ3n) is 5.63. The molecule has 1 aromatic heterocycles. The molecule has 15 heteroatoms. The van der Waals surface area contributed by atoms with E-state index in [4.69, 9.17) is 4.74 Å². The second-order valence-corrected chi connectivity index (χ2v) is 7.82. The van der Waals surface area contributed by atoms with Gasteiger partial charge in [-0.2, -0.15) is 13.2 Å². The number of carbonyl (C=O) groups excluding carboxylic acids is 2. The van der Waals surface area contributed by atoms with Crippen molar-refractivity contribution >= 4 is 33.7 Å². The number of halogens is 3. The first kappa shape index (κ1) is 27.8. The Morgan fingerprint density at radius 1 is 1.19 bits per heavy atom. The first-order valence-corrected chi connectivity index (χ1v) is 10.2. The maximum atomic E-state index is 13.1. The van der Waals surface area contributed by atoms with Gasteiger partial charge in [-0.3, -0.25) is 4.79 Å². The number of nitrogens with one attached hydrogen (secondary N) is 1. The predicted molar refractivity (Wildman–Crippen MR) is 109 cm³/mol. The first-order chi connectivity index (χ1) is 16.5. The van der Waals surface area contributed by atoms with Gasteiger partial charge in [-0.1, -0.05) is 35.5 Å². The minimum absolute atomic E-state index is 0. The number of rotatable bonds is 6. The molecule has 4 N–H and O–H groups in total. The Kier molecular flexibility index (Phi) is 8.27. The molecule has 1 amide bonds. The summed E-state index contributed by atoms with van der Waals surface area (Å²) in [5.41, 5.74) is 0.609. The van der Waals surface area contributed by atoms with Gasteiger partial charge in [0.2, 0.25) is 0 Å². The summed E-state index contributed by atoms with van der Waals surface area (Å²) < 4.78 is 45.5. The number of carboxylic acid groups (broad SMARTS) is 1. The van der Waals surface area contributed by atoms with Crippen molar-refractivity contribution in [2.45, 2.75) is 36.6 Å². The van der Waals surface area contributed by atoms with Crippen molar-refractivity contribution in [3.63, 3.8) is 0 Å². The number of fused-ring (bicyclic) bond motifs is 3. The Hall–Kier alpha value is -2.75. The number of aliphatic hydroxyl groups is 3. The topological polar surface area (TPSA) is 170 Å². The number of benzene rings is 2. The number of aromatic nitrogens is 3. The van der Waals surface area contributed by atoms with E-state index in [1.807, 2.05) is 0 Å². The minimum atomic E-state index is -5.34. The van der Waals surface area contributed by atoms with Gasteiger partial charge >= 0.3 is 41.6 Å². The second kappa shape index (κ2) is 10.7. The molecule has 0 saturated heterocycles. The largest absolute Gasteiger partial charge is 1.00 e. The molecule has 0 radical (unpaired) electrons. The number of aliphatic carboxylic acids is 1. The summed E-state index contributed by atoms with van der Waals surface area (Å²) in [6, 6.07) is 6.99. The molecule has 186 valence electrons. The normalized spacial score (nSPS) is 21.7.